The number of hydrogen-bond donors (Lipinski definition) is 0. The fourth-order valence-corrected chi connectivity index (χ4v) is 4.85. The smallest absolute Gasteiger partial charge is 0.222 e. The molecule has 120 valence electrons. The summed E-state index contributed by atoms with van der Waals surface area (Å²) in [5.74, 6) is 1.61. The molecule has 0 radical (unpaired) electrons. The largest absolute Gasteiger partial charge is 0.376 e. The number of thiophene rings is 1. The van der Waals surface area contributed by atoms with E-state index in [-0.39, 0.29) is 6.10 Å². The Morgan fingerprint density at radius 1 is 1.36 bits per heavy atom. The average Bonchev–Trinajstić information content (AvgIpc) is 3.24. The molecule has 5 heteroatoms. The van der Waals surface area contributed by atoms with Crippen molar-refractivity contribution in [2.75, 3.05) is 32.8 Å². The van der Waals surface area contributed by atoms with Crippen molar-refractivity contribution in [3.63, 3.8) is 0 Å². The van der Waals surface area contributed by atoms with Crippen molar-refractivity contribution in [1.82, 2.24) is 9.80 Å². The number of ether oxygens (including phenoxy) is 1. The van der Waals surface area contributed by atoms with Gasteiger partial charge in [-0.25, -0.2) is 0 Å². The minimum Gasteiger partial charge on any atom is -0.376 e. The molecule has 3 aliphatic rings. The lowest BCUT2D eigenvalue weighted by atomic mass is 9.84. The highest BCUT2D eigenvalue weighted by Crippen LogP contribution is 2.35. The molecule has 1 amide bonds. The van der Waals surface area contributed by atoms with Crippen LogP contribution in [0.25, 0.3) is 0 Å². The second kappa shape index (κ2) is 6.30. The predicted octanol–water partition coefficient (Wildman–Crippen LogP) is 2.21. The first-order chi connectivity index (χ1) is 10.8. The van der Waals surface area contributed by atoms with Crippen molar-refractivity contribution in [1.29, 1.82) is 0 Å². The highest BCUT2D eigenvalue weighted by atomic mass is 32.1. The minimum atomic E-state index is 0.248. The first-order valence-electron chi connectivity index (χ1n) is 8.42. The van der Waals surface area contributed by atoms with Gasteiger partial charge in [-0.2, -0.15) is 11.3 Å². The molecule has 3 aliphatic heterocycles. The van der Waals surface area contributed by atoms with E-state index < -0.39 is 0 Å². The van der Waals surface area contributed by atoms with Gasteiger partial charge >= 0.3 is 0 Å². The van der Waals surface area contributed by atoms with Gasteiger partial charge in [-0.3, -0.25) is 9.69 Å². The van der Waals surface area contributed by atoms with Crippen LogP contribution in [0.15, 0.2) is 16.8 Å². The molecular weight excluding hydrogens is 296 g/mol. The Morgan fingerprint density at radius 3 is 3.09 bits per heavy atom. The van der Waals surface area contributed by atoms with E-state index in [0.717, 1.165) is 45.6 Å². The number of hydrogen-bond acceptors (Lipinski definition) is 4. The van der Waals surface area contributed by atoms with Crippen molar-refractivity contribution in [3.05, 3.63) is 22.4 Å². The number of carbonyl (C=O) groups is 1. The summed E-state index contributed by atoms with van der Waals surface area (Å²) in [5.41, 5.74) is 1.42. The highest BCUT2D eigenvalue weighted by Gasteiger charge is 2.42. The van der Waals surface area contributed by atoms with E-state index in [1.165, 1.54) is 18.5 Å². The fourth-order valence-electron chi connectivity index (χ4n) is 4.19. The number of fused-ring (bicyclic) bond motifs is 1. The van der Waals surface area contributed by atoms with Crippen LogP contribution in [-0.2, 0) is 16.1 Å². The number of amides is 1. The summed E-state index contributed by atoms with van der Waals surface area (Å²) in [6.07, 6.45) is 3.23. The Bertz CT molecular complexity index is 519. The molecule has 0 N–H and O–H groups in total. The second-order valence-corrected chi connectivity index (χ2v) is 7.67. The summed E-state index contributed by atoms with van der Waals surface area (Å²) in [6.45, 7) is 5.98. The third-order valence-corrected chi connectivity index (χ3v) is 6.18. The zero-order valence-electron chi connectivity index (χ0n) is 12.9. The first kappa shape index (κ1) is 14.7. The summed E-state index contributed by atoms with van der Waals surface area (Å²) in [4.78, 5) is 16.4. The van der Waals surface area contributed by atoms with Crippen LogP contribution in [0.3, 0.4) is 0 Å². The van der Waals surface area contributed by atoms with Gasteiger partial charge in [-0.1, -0.05) is 0 Å². The molecule has 4 heterocycles. The Labute approximate surface area is 136 Å². The van der Waals surface area contributed by atoms with Crippen molar-refractivity contribution in [3.8, 4) is 0 Å². The van der Waals surface area contributed by atoms with Gasteiger partial charge in [0.15, 0.2) is 0 Å². The molecule has 3 fully saturated rings. The maximum Gasteiger partial charge on any atom is 0.222 e. The number of nitrogens with zero attached hydrogens (tertiary/aromatic N) is 2. The summed E-state index contributed by atoms with van der Waals surface area (Å²) in [6, 6.07) is 2.22. The maximum absolute atomic E-state index is 11.9. The average molecular weight is 320 g/mol. The van der Waals surface area contributed by atoms with Crippen LogP contribution < -0.4 is 0 Å². The number of likely N-dealkylation sites (tertiary alicyclic amines) is 2. The zero-order chi connectivity index (χ0) is 14.9. The molecule has 0 bridgehead atoms. The van der Waals surface area contributed by atoms with Gasteiger partial charge in [0, 0.05) is 38.5 Å². The van der Waals surface area contributed by atoms with Gasteiger partial charge in [-0.15, -0.1) is 0 Å². The SMILES string of the molecule is O=C1CCCN1C[C@H]1OC[C@@H]2CCN(Cc3ccsc3)C[C@@H]21. The Hall–Kier alpha value is -0.910. The Balaban J connectivity index is 1.37. The summed E-state index contributed by atoms with van der Waals surface area (Å²) < 4.78 is 6.08. The number of piperidine rings is 1. The topological polar surface area (TPSA) is 32.8 Å². The van der Waals surface area contributed by atoms with Crippen molar-refractivity contribution in [2.45, 2.75) is 31.9 Å². The van der Waals surface area contributed by atoms with Crippen molar-refractivity contribution < 1.29 is 9.53 Å². The lowest BCUT2D eigenvalue weighted by molar-refractivity contribution is -0.129. The van der Waals surface area contributed by atoms with Gasteiger partial charge in [0.2, 0.25) is 5.91 Å². The monoisotopic (exact) mass is 320 g/mol. The van der Waals surface area contributed by atoms with Gasteiger partial charge in [0.1, 0.15) is 0 Å². The molecule has 4 nitrogen and oxygen atoms in total. The molecule has 0 spiro atoms. The number of rotatable bonds is 4. The molecule has 4 rings (SSSR count). The highest BCUT2D eigenvalue weighted by molar-refractivity contribution is 7.07. The van der Waals surface area contributed by atoms with E-state index in [9.17, 15) is 4.79 Å². The standard InChI is InChI=1S/C17H24N2O2S/c20-17-2-1-5-19(17)10-16-15-9-18(6-3-14(15)11-21-16)8-13-4-7-22-12-13/h4,7,12,14-16H,1-3,5-6,8-11H2/t14-,15-,16+/m0/s1. The van der Waals surface area contributed by atoms with Crippen LogP contribution in [0.5, 0.6) is 0 Å². The Kier molecular flexibility index (Phi) is 4.20. The molecule has 0 unspecified atom stereocenters. The molecule has 3 atom stereocenters. The molecule has 1 aromatic rings. The molecule has 0 saturated carbocycles. The minimum absolute atomic E-state index is 0.248. The summed E-state index contributed by atoms with van der Waals surface area (Å²) in [5, 5.41) is 4.40. The molecule has 22 heavy (non-hydrogen) atoms. The third kappa shape index (κ3) is 2.94. The lowest BCUT2D eigenvalue weighted by Gasteiger charge is -2.36. The summed E-state index contributed by atoms with van der Waals surface area (Å²) in [7, 11) is 0. The van der Waals surface area contributed by atoms with E-state index in [4.69, 9.17) is 4.74 Å². The van der Waals surface area contributed by atoms with E-state index in [2.05, 4.69) is 21.7 Å². The van der Waals surface area contributed by atoms with Gasteiger partial charge in [0.25, 0.3) is 0 Å². The van der Waals surface area contributed by atoms with Crippen LogP contribution in [0.1, 0.15) is 24.8 Å². The zero-order valence-corrected chi connectivity index (χ0v) is 13.8. The van der Waals surface area contributed by atoms with Crippen LogP contribution in [-0.4, -0.2) is 54.6 Å². The molecule has 0 aromatic carbocycles. The lowest BCUT2D eigenvalue weighted by Crippen LogP contribution is -2.45. The van der Waals surface area contributed by atoms with Crippen LogP contribution in [0.2, 0.25) is 0 Å². The number of carbonyl (C=O) groups excluding carboxylic acids is 1. The van der Waals surface area contributed by atoms with E-state index >= 15 is 0 Å². The van der Waals surface area contributed by atoms with E-state index in [1.54, 1.807) is 11.3 Å². The molecule has 1 aromatic heterocycles. The van der Waals surface area contributed by atoms with Gasteiger partial charge in [-0.05, 0) is 47.7 Å². The Morgan fingerprint density at radius 2 is 2.32 bits per heavy atom. The fraction of sp³-hybridized carbons (Fsp3) is 0.706. The van der Waals surface area contributed by atoms with E-state index in [0.29, 0.717) is 17.7 Å². The van der Waals surface area contributed by atoms with Gasteiger partial charge in [0.05, 0.1) is 12.7 Å². The van der Waals surface area contributed by atoms with Crippen molar-refractivity contribution in [2.24, 2.45) is 11.8 Å². The maximum atomic E-state index is 11.9. The van der Waals surface area contributed by atoms with Gasteiger partial charge < -0.3 is 9.64 Å². The van der Waals surface area contributed by atoms with Crippen LogP contribution in [0.4, 0.5) is 0 Å². The second-order valence-electron chi connectivity index (χ2n) is 6.89. The first-order valence-corrected chi connectivity index (χ1v) is 9.36. The predicted molar refractivity (Wildman–Crippen MR) is 86.7 cm³/mol. The summed E-state index contributed by atoms with van der Waals surface area (Å²) >= 11 is 1.77. The molecule has 3 saturated heterocycles. The molecule has 0 aliphatic carbocycles. The van der Waals surface area contributed by atoms with Crippen LogP contribution in [0, 0.1) is 11.8 Å². The van der Waals surface area contributed by atoms with Crippen LogP contribution >= 0.6 is 11.3 Å². The van der Waals surface area contributed by atoms with Crippen molar-refractivity contribution >= 4 is 17.2 Å². The quantitative estimate of drug-likeness (QED) is 0.853. The third-order valence-electron chi connectivity index (χ3n) is 5.45. The van der Waals surface area contributed by atoms with E-state index in [1.807, 2.05) is 4.90 Å². The normalized spacial score (nSPS) is 32.6. The molecular formula is C17H24N2O2S.